The normalized spacial score (nSPS) is 11.1. The Morgan fingerprint density at radius 2 is 1.77 bits per heavy atom. The van der Waals surface area contributed by atoms with Gasteiger partial charge in [0.1, 0.15) is 11.5 Å². The maximum atomic E-state index is 13.8. The van der Waals surface area contributed by atoms with Crippen LogP contribution in [0.5, 0.6) is 11.5 Å². The van der Waals surface area contributed by atoms with Crippen LogP contribution in [0.4, 0.5) is 0 Å². The third-order valence-corrected chi connectivity index (χ3v) is 6.97. The van der Waals surface area contributed by atoms with E-state index in [1.165, 1.54) is 0 Å². The van der Waals surface area contributed by atoms with Crippen LogP contribution < -0.4 is 15.1 Å². The fourth-order valence-corrected chi connectivity index (χ4v) is 4.93. The molecule has 39 heavy (non-hydrogen) atoms. The molecule has 2 N–H and O–H groups in total. The molecule has 0 unspecified atom stereocenters. The summed E-state index contributed by atoms with van der Waals surface area (Å²) in [4.78, 5) is 15.5. The number of rotatable bonds is 8. The first kappa shape index (κ1) is 25.8. The lowest BCUT2D eigenvalue weighted by atomic mass is 9.93. The highest BCUT2D eigenvalue weighted by Crippen LogP contribution is 2.33. The van der Waals surface area contributed by atoms with Crippen LogP contribution in [0.2, 0.25) is 0 Å². The number of nitrogens with one attached hydrogen (secondary N) is 2. The molecule has 0 aliphatic rings. The Morgan fingerprint density at radius 3 is 2.44 bits per heavy atom. The topological polar surface area (TPSA) is 101 Å². The van der Waals surface area contributed by atoms with Crippen molar-refractivity contribution < 1.29 is 14.3 Å². The van der Waals surface area contributed by atoms with Crippen LogP contribution in [0.25, 0.3) is 22.0 Å². The van der Waals surface area contributed by atoms with Crippen LogP contribution in [0.1, 0.15) is 27.0 Å². The quantitative estimate of drug-likeness (QED) is 0.312. The zero-order valence-electron chi connectivity index (χ0n) is 22.8. The maximum Gasteiger partial charge on any atom is 0.253 e. The third kappa shape index (κ3) is 5.16. The molecule has 0 saturated carbocycles. The van der Waals surface area contributed by atoms with E-state index in [1.54, 1.807) is 30.7 Å². The number of amides is 1. The summed E-state index contributed by atoms with van der Waals surface area (Å²) in [6.07, 6.45) is 5.55. The van der Waals surface area contributed by atoms with Gasteiger partial charge in [0.25, 0.3) is 5.91 Å². The largest absolute Gasteiger partial charge is 0.497 e. The zero-order valence-corrected chi connectivity index (χ0v) is 22.8. The Labute approximate surface area is 226 Å². The van der Waals surface area contributed by atoms with E-state index in [1.807, 2.05) is 66.6 Å². The second-order valence-corrected chi connectivity index (χ2v) is 9.75. The molecule has 0 fully saturated rings. The van der Waals surface area contributed by atoms with Gasteiger partial charge in [0.15, 0.2) is 0 Å². The van der Waals surface area contributed by atoms with Crippen LogP contribution in [0, 0.1) is 12.3 Å². The lowest BCUT2D eigenvalue weighted by molar-refractivity contribution is 0.0784. The van der Waals surface area contributed by atoms with Gasteiger partial charge in [0, 0.05) is 50.0 Å². The lowest BCUT2D eigenvalue weighted by Gasteiger charge is -2.20. The number of benzene rings is 3. The fraction of sp³-hybridized carbons (Fsp3) is 0.233. The van der Waals surface area contributed by atoms with Crippen LogP contribution >= 0.6 is 0 Å². The van der Waals surface area contributed by atoms with Gasteiger partial charge in [-0.3, -0.25) is 15.3 Å². The van der Waals surface area contributed by atoms with Gasteiger partial charge >= 0.3 is 0 Å². The Balaban J connectivity index is 1.56. The first-order chi connectivity index (χ1) is 18.8. The monoisotopic (exact) mass is 524 g/mol. The average Bonchev–Trinajstić information content (AvgIpc) is 3.54. The van der Waals surface area contributed by atoms with Gasteiger partial charge in [-0.15, -0.1) is 0 Å². The number of nitrogens with zero attached hydrogens (tertiary/aromatic N) is 4. The van der Waals surface area contributed by atoms with Gasteiger partial charge < -0.3 is 23.5 Å². The van der Waals surface area contributed by atoms with Crippen molar-refractivity contribution in [2.75, 3.05) is 21.3 Å². The minimum atomic E-state index is -0.110. The summed E-state index contributed by atoms with van der Waals surface area (Å²) in [7, 11) is 6.85. The lowest BCUT2D eigenvalue weighted by Crippen LogP contribution is -2.27. The van der Waals surface area contributed by atoms with Crippen molar-refractivity contribution >= 4 is 16.8 Å². The molecule has 0 aliphatic carbocycles. The molecule has 3 aromatic carbocycles. The number of methoxy groups -OCH3 is 2. The minimum Gasteiger partial charge on any atom is -0.497 e. The molecule has 0 bridgehead atoms. The summed E-state index contributed by atoms with van der Waals surface area (Å²) in [6, 6.07) is 15.6. The third-order valence-electron chi connectivity index (χ3n) is 6.97. The standard InChI is InChI=1S/C30H32N6O3/c1-19-6-7-27-26(16-32-33-27)28(19)22-10-20(18-36-9-8-34(2)30(36)31)11-23(14-22)29(37)35(3)17-21-12-24(38-4)15-25(13-21)39-5/h6-16,31H,17-18H2,1-5H3,(H,32,33). The van der Waals surface area contributed by atoms with Crippen molar-refractivity contribution in [2.24, 2.45) is 7.05 Å². The Bertz CT molecular complexity index is 1710. The van der Waals surface area contributed by atoms with Gasteiger partial charge in [0.05, 0.1) is 32.5 Å². The molecule has 2 heterocycles. The van der Waals surface area contributed by atoms with Crippen LogP contribution in [0.3, 0.4) is 0 Å². The van der Waals surface area contributed by atoms with E-state index < -0.39 is 0 Å². The van der Waals surface area contributed by atoms with E-state index in [9.17, 15) is 4.79 Å². The van der Waals surface area contributed by atoms with Crippen molar-refractivity contribution in [2.45, 2.75) is 20.0 Å². The molecule has 1 amide bonds. The minimum absolute atomic E-state index is 0.110. The van der Waals surface area contributed by atoms with Gasteiger partial charge in [-0.1, -0.05) is 6.07 Å². The molecule has 9 nitrogen and oxygen atoms in total. The van der Waals surface area contributed by atoms with Crippen LogP contribution in [-0.2, 0) is 20.1 Å². The maximum absolute atomic E-state index is 13.8. The molecule has 2 aromatic heterocycles. The van der Waals surface area contributed by atoms with E-state index in [0.717, 1.165) is 38.7 Å². The van der Waals surface area contributed by atoms with Crippen LogP contribution in [-0.4, -0.2) is 51.4 Å². The number of imidazole rings is 1. The smallest absolute Gasteiger partial charge is 0.253 e. The Morgan fingerprint density at radius 1 is 1.03 bits per heavy atom. The first-order valence-corrected chi connectivity index (χ1v) is 12.6. The first-order valence-electron chi connectivity index (χ1n) is 12.6. The van der Waals surface area contributed by atoms with Crippen molar-refractivity contribution in [1.82, 2.24) is 24.2 Å². The SMILES string of the molecule is COc1cc(CN(C)C(=O)c2cc(Cn3ccn(C)c3=N)cc(-c3c(C)ccc4[nH]ncc34)c2)cc(OC)c1. The number of hydrogen-bond donors (Lipinski definition) is 2. The number of aryl methyl sites for hydroxylation is 2. The average molecular weight is 525 g/mol. The van der Waals surface area contributed by atoms with Gasteiger partial charge in [-0.05, 0) is 71.1 Å². The summed E-state index contributed by atoms with van der Waals surface area (Å²) in [5, 5.41) is 16.7. The molecular weight excluding hydrogens is 492 g/mol. The summed E-state index contributed by atoms with van der Waals surface area (Å²) >= 11 is 0. The molecule has 0 radical (unpaired) electrons. The van der Waals surface area contributed by atoms with Crippen LogP contribution in [0.15, 0.2) is 67.1 Å². The Kier molecular flexibility index (Phi) is 6.98. The molecule has 0 aliphatic heterocycles. The molecular formula is C30H32N6O3. The van der Waals surface area contributed by atoms with E-state index >= 15 is 0 Å². The number of hydrogen-bond acceptors (Lipinski definition) is 5. The molecule has 0 spiro atoms. The second kappa shape index (κ2) is 10.5. The molecule has 0 atom stereocenters. The highest BCUT2D eigenvalue weighted by molar-refractivity contribution is 6.00. The van der Waals surface area contributed by atoms with E-state index in [0.29, 0.717) is 35.8 Å². The molecule has 0 saturated heterocycles. The number of ether oxygens (including phenoxy) is 2. The molecule has 5 rings (SSSR count). The number of aromatic nitrogens is 4. The predicted molar refractivity (Wildman–Crippen MR) is 150 cm³/mol. The van der Waals surface area contributed by atoms with E-state index in [4.69, 9.17) is 14.9 Å². The second-order valence-electron chi connectivity index (χ2n) is 9.75. The number of fused-ring (bicyclic) bond motifs is 1. The summed E-state index contributed by atoms with van der Waals surface area (Å²) in [5.41, 5.74) is 6.76. The number of carbonyl (C=O) groups is 1. The molecule has 5 aromatic rings. The molecule has 9 heteroatoms. The summed E-state index contributed by atoms with van der Waals surface area (Å²) < 4.78 is 14.4. The van der Waals surface area contributed by atoms with E-state index in [2.05, 4.69) is 29.3 Å². The highest BCUT2D eigenvalue weighted by atomic mass is 16.5. The fourth-order valence-electron chi connectivity index (χ4n) is 4.93. The summed E-state index contributed by atoms with van der Waals surface area (Å²) in [6.45, 7) is 2.91. The van der Waals surface area contributed by atoms with E-state index in [-0.39, 0.29) is 5.91 Å². The Hall–Kier alpha value is -4.79. The van der Waals surface area contributed by atoms with Crippen molar-refractivity contribution in [3.63, 3.8) is 0 Å². The molecule has 200 valence electrons. The number of aromatic amines is 1. The van der Waals surface area contributed by atoms with Gasteiger partial charge in [-0.25, -0.2) is 0 Å². The van der Waals surface area contributed by atoms with Gasteiger partial charge in [-0.2, -0.15) is 5.10 Å². The number of carbonyl (C=O) groups excluding carboxylic acids is 1. The predicted octanol–water partition coefficient (Wildman–Crippen LogP) is 4.50. The van der Waals surface area contributed by atoms with Crippen molar-refractivity contribution in [3.8, 4) is 22.6 Å². The number of H-pyrrole nitrogens is 1. The zero-order chi connectivity index (χ0) is 27.7. The van der Waals surface area contributed by atoms with Crippen molar-refractivity contribution in [3.05, 3.63) is 95.0 Å². The van der Waals surface area contributed by atoms with Crippen molar-refractivity contribution in [1.29, 1.82) is 5.41 Å². The highest BCUT2D eigenvalue weighted by Gasteiger charge is 2.18. The van der Waals surface area contributed by atoms with Gasteiger partial charge in [0.2, 0.25) is 5.62 Å². The summed E-state index contributed by atoms with van der Waals surface area (Å²) in [5.74, 6) is 1.23.